The van der Waals surface area contributed by atoms with Gasteiger partial charge in [-0.15, -0.1) is 0 Å². The summed E-state index contributed by atoms with van der Waals surface area (Å²) < 4.78 is 2.27. The average Bonchev–Trinajstić information content (AvgIpc) is 3.20. The van der Waals surface area contributed by atoms with Gasteiger partial charge in [-0.1, -0.05) is 6.07 Å². The molecule has 1 N–H and O–H groups in total. The molecular formula is C21H31N5S. The van der Waals surface area contributed by atoms with Gasteiger partial charge in [0, 0.05) is 30.7 Å². The van der Waals surface area contributed by atoms with E-state index in [9.17, 15) is 0 Å². The van der Waals surface area contributed by atoms with Crippen molar-refractivity contribution in [3.05, 3.63) is 54.1 Å². The Morgan fingerprint density at radius 3 is 2.59 bits per heavy atom. The molecule has 3 rings (SSSR count). The van der Waals surface area contributed by atoms with E-state index in [1.165, 1.54) is 5.56 Å². The minimum absolute atomic E-state index is 0.0566. The van der Waals surface area contributed by atoms with Crippen LogP contribution in [0.15, 0.2) is 42.9 Å². The number of pyridine rings is 1. The molecule has 0 spiro atoms. The molecule has 1 fully saturated rings. The van der Waals surface area contributed by atoms with Crippen LogP contribution < -0.4 is 5.32 Å². The first-order valence-electron chi connectivity index (χ1n) is 9.58. The van der Waals surface area contributed by atoms with Gasteiger partial charge < -0.3 is 19.7 Å². The lowest BCUT2D eigenvalue weighted by Gasteiger charge is -2.28. The van der Waals surface area contributed by atoms with Crippen molar-refractivity contribution in [3.8, 4) is 0 Å². The molecule has 1 saturated heterocycles. The fourth-order valence-corrected chi connectivity index (χ4v) is 3.90. The molecule has 0 aromatic carbocycles. The summed E-state index contributed by atoms with van der Waals surface area (Å²) in [4.78, 5) is 9.16. The van der Waals surface area contributed by atoms with Crippen LogP contribution in [0.2, 0.25) is 0 Å². The van der Waals surface area contributed by atoms with Crippen molar-refractivity contribution >= 4 is 17.3 Å². The third-order valence-corrected chi connectivity index (χ3v) is 5.39. The molecule has 1 aliphatic heterocycles. The Bertz CT molecular complexity index is 762. The summed E-state index contributed by atoms with van der Waals surface area (Å²) in [5, 5.41) is 4.34. The number of nitrogens with one attached hydrogen (secondary N) is 1. The average molecular weight is 386 g/mol. The Morgan fingerprint density at radius 2 is 2.00 bits per heavy atom. The number of hydrogen-bond acceptors (Lipinski definition) is 3. The molecule has 0 bridgehead atoms. The van der Waals surface area contributed by atoms with Crippen molar-refractivity contribution in [2.75, 3.05) is 27.2 Å². The summed E-state index contributed by atoms with van der Waals surface area (Å²) >= 11 is 5.72. The molecule has 3 heterocycles. The van der Waals surface area contributed by atoms with E-state index in [2.05, 4.69) is 84.1 Å². The number of aromatic nitrogens is 2. The Labute approximate surface area is 168 Å². The zero-order valence-electron chi connectivity index (χ0n) is 17.0. The molecule has 0 unspecified atom stereocenters. The topological polar surface area (TPSA) is 36.3 Å². The molecule has 2 aromatic rings. The predicted octanol–water partition coefficient (Wildman–Crippen LogP) is 3.56. The van der Waals surface area contributed by atoms with Gasteiger partial charge in [0.1, 0.15) is 0 Å². The third kappa shape index (κ3) is 4.50. The lowest BCUT2D eigenvalue weighted by molar-refractivity contribution is 0.292. The molecule has 2 atom stereocenters. The molecule has 0 saturated carbocycles. The fourth-order valence-electron chi connectivity index (χ4n) is 3.57. The highest BCUT2D eigenvalue weighted by Gasteiger charge is 2.40. The first-order chi connectivity index (χ1) is 12.8. The van der Waals surface area contributed by atoms with E-state index in [0.717, 1.165) is 30.3 Å². The van der Waals surface area contributed by atoms with Crippen LogP contribution in [-0.2, 0) is 5.54 Å². The quantitative estimate of drug-likeness (QED) is 0.770. The summed E-state index contributed by atoms with van der Waals surface area (Å²) in [6.45, 7) is 8.64. The van der Waals surface area contributed by atoms with Gasteiger partial charge in [0.05, 0.1) is 17.8 Å². The van der Waals surface area contributed by atoms with Crippen molar-refractivity contribution in [3.63, 3.8) is 0 Å². The molecular weight excluding hydrogens is 354 g/mol. The maximum absolute atomic E-state index is 5.72. The molecule has 6 heteroatoms. The van der Waals surface area contributed by atoms with Gasteiger partial charge in [-0.2, -0.15) is 0 Å². The van der Waals surface area contributed by atoms with E-state index in [-0.39, 0.29) is 17.6 Å². The Balaban J connectivity index is 1.92. The number of thiocarbonyl (C=S) groups is 1. The SMILES string of the molecule is CN(C)CCCN1C(=S)N[C@H](c2ccccn2)[C@@H]1c1ccn(C(C)(C)C)c1. The zero-order chi connectivity index (χ0) is 19.6. The predicted molar refractivity (Wildman–Crippen MR) is 115 cm³/mol. The summed E-state index contributed by atoms with van der Waals surface area (Å²) in [7, 11) is 4.22. The summed E-state index contributed by atoms with van der Waals surface area (Å²) in [5.74, 6) is 0. The zero-order valence-corrected chi connectivity index (χ0v) is 17.8. The number of nitrogens with zero attached hydrogens (tertiary/aromatic N) is 4. The maximum Gasteiger partial charge on any atom is 0.170 e. The molecule has 27 heavy (non-hydrogen) atoms. The van der Waals surface area contributed by atoms with Crippen LogP contribution in [-0.4, -0.2) is 51.6 Å². The highest BCUT2D eigenvalue weighted by Crippen LogP contribution is 2.39. The van der Waals surface area contributed by atoms with Gasteiger partial charge in [-0.05, 0) is 83.8 Å². The van der Waals surface area contributed by atoms with E-state index in [0.29, 0.717) is 0 Å². The largest absolute Gasteiger partial charge is 0.352 e. The Morgan fingerprint density at radius 1 is 1.22 bits per heavy atom. The molecule has 1 aliphatic rings. The molecule has 146 valence electrons. The van der Waals surface area contributed by atoms with Gasteiger partial charge in [0.15, 0.2) is 5.11 Å². The van der Waals surface area contributed by atoms with Crippen LogP contribution in [0.25, 0.3) is 0 Å². The van der Waals surface area contributed by atoms with E-state index >= 15 is 0 Å². The van der Waals surface area contributed by atoms with Gasteiger partial charge in [-0.25, -0.2) is 0 Å². The Kier molecular flexibility index (Phi) is 5.86. The van der Waals surface area contributed by atoms with E-state index in [4.69, 9.17) is 12.2 Å². The standard InChI is InChI=1S/C21H31N5S/c1-21(2,3)25-14-10-16(15-25)19-18(17-9-6-7-11-22-17)23-20(27)26(19)13-8-12-24(4)5/h6-7,9-11,14-15,18-19H,8,12-13H2,1-5H3,(H,23,27)/t18-,19+/m1/s1. The van der Waals surface area contributed by atoms with Crippen molar-refractivity contribution in [1.29, 1.82) is 0 Å². The normalized spacial score (nSPS) is 20.4. The van der Waals surface area contributed by atoms with Crippen LogP contribution in [0.1, 0.15) is 50.5 Å². The smallest absolute Gasteiger partial charge is 0.170 e. The second-order valence-corrected chi connectivity index (χ2v) is 8.89. The van der Waals surface area contributed by atoms with Crippen LogP contribution in [0.4, 0.5) is 0 Å². The second kappa shape index (κ2) is 7.98. The lowest BCUT2D eigenvalue weighted by atomic mass is 9.99. The van der Waals surface area contributed by atoms with Gasteiger partial charge in [0.2, 0.25) is 0 Å². The van der Waals surface area contributed by atoms with Gasteiger partial charge >= 0.3 is 0 Å². The molecule has 0 amide bonds. The van der Waals surface area contributed by atoms with Gasteiger partial charge in [0.25, 0.3) is 0 Å². The van der Waals surface area contributed by atoms with Crippen LogP contribution in [0.3, 0.4) is 0 Å². The third-order valence-electron chi connectivity index (χ3n) is 5.03. The summed E-state index contributed by atoms with van der Waals surface area (Å²) in [6.07, 6.45) is 7.35. The van der Waals surface area contributed by atoms with Crippen LogP contribution in [0.5, 0.6) is 0 Å². The summed E-state index contributed by atoms with van der Waals surface area (Å²) in [6, 6.07) is 8.51. The lowest BCUT2D eigenvalue weighted by Crippen LogP contribution is -2.32. The number of rotatable bonds is 6. The number of hydrogen-bond donors (Lipinski definition) is 1. The minimum atomic E-state index is 0.0566. The van der Waals surface area contributed by atoms with E-state index < -0.39 is 0 Å². The van der Waals surface area contributed by atoms with Crippen LogP contribution >= 0.6 is 12.2 Å². The minimum Gasteiger partial charge on any atom is -0.352 e. The monoisotopic (exact) mass is 385 g/mol. The first kappa shape index (κ1) is 19.8. The highest BCUT2D eigenvalue weighted by atomic mass is 32.1. The van der Waals surface area contributed by atoms with Crippen molar-refractivity contribution in [2.24, 2.45) is 0 Å². The first-order valence-corrected chi connectivity index (χ1v) is 9.99. The molecule has 0 aliphatic carbocycles. The van der Waals surface area contributed by atoms with E-state index in [1.54, 1.807) is 0 Å². The Hall–Kier alpha value is -1.92. The van der Waals surface area contributed by atoms with Crippen molar-refractivity contribution < 1.29 is 0 Å². The van der Waals surface area contributed by atoms with Crippen molar-refractivity contribution in [2.45, 2.75) is 44.8 Å². The maximum atomic E-state index is 5.72. The highest BCUT2D eigenvalue weighted by molar-refractivity contribution is 7.80. The molecule has 2 aromatic heterocycles. The summed E-state index contributed by atoms with van der Waals surface area (Å²) in [5.41, 5.74) is 2.36. The fraction of sp³-hybridized carbons (Fsp3) is 0.524. The molecule has 5 nitrogen and oxygen atoms in total. The van der Waals surface area contributed by atoms with Gasteiger partial charge in [-0.3, -0.25) is 4.98 Å². The van der Waals surface area contributed by atoms with Crippen molar-refractivity contribution in [1.82, 2.24) is 24.7 Å². The second-order valence-electron chi connectivity index (χ2n) is 8.50. The van der Waals surface area contributed by atoms with E-state index in [1.807, 2.05) is 18.3 Å². The molecule has 0 radical (unpaired) electrons. The van der Waals surface area contributed by atoms with Crippen LogP contribution in [0, 0.1) is 0 Å².